The highest BCUT2D eigenvalue weighted by molar-refractivity contribution is 5.82. The van der Waals surface area contributed by atoms with Crippen molar-refractivity contribution in [3.05, 3.63) is 89.5 Å². The first-order chi connectivity index (χ1) is 13.7. The second-order valence-corrected chi connectivity index (χ2v) is 6.83. The van der Waals surface area contributed by atoms with E-state index in [9.17, 15) is 4.79 Å². The topological polar surface area (TPSA) is 65.6 Å². The summed E-state index contributed by atoms with van der Waals surface area (Å²) in [5.41, 5.74) is 5.88. The summed E-state index contributed by atoms with van der Waals surface area (Å²) in [5.74, 6) is 0. The second kappa shape index (κ2) is 6.42. The van der Waals surface area contributed by atoms with Crippen LogP contribution >= 0.6 is 0 Å². The molecule has 0 unspecified atom stereocenters. The van der Waals surface area contributed by atoms with Gasteiger partial charge in [-0.15, -0.1) is 0 Å². The summed E-state index contributed by atoms with van der Waals surface area (Å²) in [4.78, 5) is 25.5. The average Bonchev–Trinajstić information content (AvgIpc) is 3.11. The Balaban J connectivity index is 1.53. The number of benzene rings is 2. The van der Waals surface area contributed by atoms with E-state index < -0.39 is 0 Å². The van der Waals surface area contributed by atoms with E-state index in [0.29, 0.717) is 17.4 Å². The molecule has 0 aliphatic heterocycles. The lowest BCUT2D eigenvalue weighted by Crippen LogP contribution is -2.21. The summed E-state index contributed by atoms with van der Waals surface area (Å²) < 4.78 is 3.64. The fraction of sp³-hybridized carbons (Fsp3) is 0.0909. The van der Waals surface area contributed by atoms with E-state index in [1.807, 2.05) is 36.1 Å². The average molecular weight is 367 g/mol. The van der Waals surface area contributed by atoms with Crippen molar-refractivity contribution in [3.63, 3.8) is 0 Å². The van der Waals surface area contributed by atoms with Gasteiger partial charge in [0.2, 0.25) is 0 Å². The summed E-state index contributed by atoms with van der Waals surface area (Å²) in [6, 6.07) is 16.2. The lowest BCUT2D eigenvalue weighted by atomic mass is 10.0. The van der Waals surface area contributed by atoms with E-state index in [-0.39, 0.29) is 5.56 Å². The Morgan fingerprint density at radius 2 is 1.79 bits per heavy atom. The predicted molar refractivity (Wildman–Crippen MR) is 109 cm³/mol. The molecule has 6 nitrogen and oxygen atoms in total. The molecule has 28 heavy (non-hydrogen) atoms. The molecule has 0 aliphatic rings. The highest BCUT2D eigenvalue weighted by Crippen LogP contribution is 2.24. The minimum absolute atomic E-state index is 0.0610. The minimum atomic E-state index is -0.0610. The number of hydrogen-bond donors (Lipinski definition) is 0. The molecule has 0 radical (unpaired) electrons. The van der Waals surface area contributed by atoms with Gasteiger partial charge >= 0.3 is 0 Å². The maximum Gasteiger partial charge on any atom is 0.261 e. The van der Waals surface area contributed by atoms with Crippen LogP contribution in [0.3, 0.4) is 0 Å². The molecule has 0 fully saturated rings. The normalized spacial score (nSPS) is 11.3. The smallest absolute Gasteiger partial charge is 0.261 e. The number of nitrogens with zero attached hydrogens (tertiary/aromatic N) is 5. The van der Waals surface area contributed by atoms with Crippen molar-refractivity contribution in [2.75, 3.05) is 0 Å². The first-order valence-corrected chi connectivity index (χ1v) is 8.98. The van der Waals surface area contributed by atoms with Crippen molar-refractivity contribution >= 4 is 21.9 Å². The zero-order valence-corrected chi connectivity index (χ0v) is 15.3. The Morgan fingerprint density at radius 3 is 2.71 bits per heavy atom. The summed E-state index contributed by atoms with van der Waals surface area (Å²) in [7, 11) is 1.99. The Hall–Kier alpha value is -3.80. The van der Waals surface area contributed by atoms with Crippen molar-refractivity contribution in [2.45, 2.75) is 6.54 Å². The molecule has 0 N–H and O–H groups in total. The van der Waals surface area contributed by atoms with E-state index >= 15 is 0 Å². The van der Waals surface area contributed by atoms with Gasteiger partial charge < -0.3 is 4.57 Å². The summed E-state index contributed by atoms with van der Waals surface area (Å²) in [6.45, 7) is 0.464. The minimum Gasteiger partial charge on any atom is -0.334 e. The molecule has 6 heteroatoms. The number of pyridine rings is 1. The third kappa shape index (κ3) is 2.75. The van der Waals surface area contributed by atoms with Gasteiger partial charge in [0.15, 0.2) is 0 Å². The van der Waals surface area contributed by atoms with Crippen LogP contribution in [0, 0.1) is 0 Å². The zero-order valence-electron chi connectivity index (χ0n) is 15.3. The van der Waals surface area contributed by atoms with Gasteiger partial charge in [-0.25, -0.2) is 9.97 Å². The van der Waals surface area contributed by atoms with Crippen LogP contribution in [0.5, 0.6) is 0 Å². The second-order valence-electron chi connectivity index (χ2n) is 6.83. The van der Waals surface area contributed by atoms with Gasteiger partial charge in [0, 0.05) is 13.2 Å². The van der Waals surface area contributed by atoms with Crippen molar-refractivity contribution in [1.82, 2.24) is 24.1 Å². The van der Waals surface area contributed by atoms with Gasteiger partial charge in [-0.3, -0.25) is 14.3 Å². The van der Waals surface area contributed by atoms with Gasteiger partial charge in [-0.1, -0.05) is 24.3 Å². The predicted octanol–water partition coefficient (Wildman–Crippen LogP) is 3.39. The molecule has 0 saturated carbocycles. The molecule has 5 aromatic rings. The first kappa shape index (κ1) is 16.4. The molecule has 0 saturated heterocycles. The highest BCUT2D eigenvalue weighted by Gasteiger charge is 2.07. The monoisotopic (exact) mass is 367 g/mol. The lowest BCUT2D eigenvalue weighted by molar-refractivity contribution is 0.748. The Labute approximate surface area is 160 Å². The fourth-order valence-electron chi connectivity index (χ4n) is 3.47. The van der Waals surface area contributed by atoms with Crippen LogP contribution in [0.15, 0.2) is 78.4 Å². The highest BCUT2D eigenvalue weighted by atomic mass is 16.1. The lowest BCUT2D eigenvalue weighted by Gasteiger charge is -2.09. The number of aryl methyl sites for hydroxylation is 1. The largest absolute Gasteiger partial charge is 0.334 e. The SMILES string of the molecule is Cn1cnc2ccc(-c3cccc(Cn4cnc5cnccc5c4=O)c3)cc21. The van der Waals surface area contributed by atoms with Crippen LogP contribution < -0.4 is 5.56 Å². The first-order valence-electron chi connectivity index (χ1n) is 8.98. The third-order valence-electron chi connectivity index (χ3n) is 4.97. The van der Waals surface area contributed by atoms with Crippen LogP contribution in [0.25, 0.3) is 33.1 Å². The van der Waals surface area contributed by atoms with Crippen LogP contribution in [-0.2, 0) is 13.6 Å². The van der Waals surface area contributed by atoms with E-state index in [2.05, 4.69) is 39.2 Å². The molecule has 3 heterocycles. The summed E-state index contributed by atoms with van der Waals surface area (Å²) >= 11 is 0. The molecule has 0 aliphatic carbocycles. The number of fused-ring (bicyclic) bond motifs is 2. The third-order valence-corrected chi connectivity index (χ3v) is 4.97. The molecular weight excluding hydrogens is 350 g/mol. The number of hydrogen-bond acceptors (Lipinski definition) is 4. The van der Waals surface area contributed by atoms with Gasteiger partial charge in [0.05, 0.1) is 47.3 Å². The zero-order chi connectivity index (χ0) is 19.1. The van der Waals surface area contributed by atoms with E-state index in [1.54, 1.807) is 29.4 Å². The number of aromatic nitrogens is 5. The maximum atomic E-state index is 12.7. The van der Waals surface area contributed by atoms with Crippen molar-refractivity contribution in [2.24, 2.45) is 7.05 Å². The van der Waals surface area contributed by atoms with Crippen LogP contribution in [0.2, 0.25) is 0 Å². The molecule has 0 atom stereocenters. The number of rotatable bonds is 3. The standard InChI is InChI=1S/C22H17N5O/c1-26-13-24-19-6-5-17(10-21(19)26)16-4-2-3-15(9-16)12-27-14-25-20-11-23-8-7-18(20)22(27)28/h2-11,13-14H,12H2,1H3. The molecule has 0 amide bonds. The van der Waals surface area contributed by atoms with Gasteiger partial charge in [0.25, 0.3) is 5.56 Å². The van der Waals surface area contributed by atoms with E-state index in [4.69, 9.17) is 0 Å². The Bertz CT molecular complexity index is 1380. The molecule has 2 aromatic carbocycles. The van der Waals surface area contributed by atoms with Crippen molar-refractivity contribution in [3.8, 4) is 11.1 Å². The Kier molecular flexibility index (Phi) is 3.76. The maximum absolute atomic E-state index is 12.7. The van der Waals surface area contributed by atoms with Crippen molar-refractivity contribution in [1.29, 1.82) is 0 Å². The summed E-state index contributed by atoms with van der Waals surface area (Å²) in [5, 5.41) is 0.579. The summed E-state index contributed by atoms with van der Waals surface area (Å²) in [6.07, 6.45) is 6.63. The molecule has 136 valence electrons. The molecule has 0 spiro atoms. The van der Waals surface area contributed by atoms with Crippen molar-refractivity contribution < 1.29 is 0 Å². The molecule has 3 aromatic heterocycles. The van der Waals surface area contributed by atoms with E-state index in [0.717, 1.165) is 27.7 Å². The molecule has 0 bridgehead atoms. The quantitative estimate of drug-likeness (QED) is 0.490. The Morgan fingerprint density at radius 1 is 0.929 bits per heavy atom. The fourth-order valence-corrected chi connectivity index (χ4v) is 3.47. The van der Waals surface area contributed by atoms with Gasteiger partial charge in [-0.2, -0.15) is 0 Å². The molecular formula is C22H17N5O. The van der Waals surface area contributed by atoms with E-state index in [1.165, 1.54) is 0 Å². The van der Waals surface area contributed by atoms with Crippen LogP contribution in [0.4, 0.5) is 0 Å². The van der Waals surface area contributed by atoms with Gasteiger partial charge in [0.1, 0.15) is 0 Å². The van der Waals surface area contributed by atoms with Crippen LogP contribution in [-0.4, -0.2) is 24.1 Å². The van der Waals surface area contributed by atoms with Crippen LogP contribution in [0.1, 0.15) is 5.56 Å². The van der Waals surface area contributed by atoms with Gasteiger partial charge in [-0.05, 0) is 41.0 Å². The molecule has 5 rings (SSSR count). The number of imidazole rings is 1.